The van der Waals surface area contributed by atoms with E-state index in [4.69, 9.17) is 4.52 Å². The Bertz CT molecular complexity index is 802. The predicted molar refractivity (Wildman–Crippen MR) is 83.1 cm³/mol. The highest BCUT2D eigenvalue weighted by atomic mass is 19.1. The van der Waals surface area contributed by atoms with Gasteiger partial charge in [0.2, 0.25) is 17.6 Å². The summed E-state index contributed by atoms with van der Waals surface area (Å²) >= 11 is 0. The van der Waals surface area contributed by atoms with Crippen LogP contribution in [-0.2, 0) is 11.2 Å². The lowest BCUT2D eigenvalue weighted by Crippen LogP contribution is -2.12. The molecule has 0 bridgehead atoms. The molecule has 1 aromatic heterocycles. The lowest BCUT2D eigenvalue weighted by molar-refractivity contribution is -0.116. The molecule has 1 heterocycles. The lowest BCUT2D eigenvalue weighted by atomic mass is 10.2. The minimum atomic E-state index is -0.365. The number of carbonyl (C=O) groups is 1. The van der Waals surface area contributed by atoms with E-state index in [0.717, 1.165) is 5.69 Å². The quantitative estimate of drug-likeness (QED) is 0.783. The van der Waals surface area contributed by atoms with E-state index in [2.05, 4.69) is 15.5 Å². The standard InChI is InChI=1S/C17H14FN3O2/c18-13-6-4-5-12(11-13)17-20-16(23-21-17)10-9-15(22)19-14-7-2-1-3-8-14/h1-8,11H,9-10H2,(H,19,22). The Kier molecular flexibility index (Phi) is 4.42. The van der Waals surface area contributed by atoms with Crippen molar-refractivity contribution in [2.24, 2.45) is 0 Å². The summed E-state index contributed by atoms with van der Waals surface area (Å²) < 4.78 is 18.3. The second-order valence-corrected chi connectivity index (χ2v) is 4.94. The van der Waals surface area contributed by atoms with Crippen LogP contribution in [0.25, 0.3) is 11.4 Å². The van der Waals surface area contributed by atoms with Crippen molar-refractivity contribution in [2.45, 2.75) is 12.8 Å². The first-order chi connectivity index (χ1) is 11.2. The summed E-state index contributed by atoms with van der Waals surface area (Å²) in [6.07, 6.45) is 0.542. The first-order valence-corrected chi connectivity index (χ1v) is 7.14. The molecular formula is C17H14FN3O2. The monoisotopic (exact) mass is 311 g/mol. The first kappa shape index (κ1) is 14.9. The van der Waals surface area contributed by atoms with Gasteiger partial charge in [0, 0.05) is 24.1 Å². The molecule has 0 aliphatic rings. The van der Waals surface area contributed by atoms with E-state index in [0.29, 0.717) is 23.7 Å². The van der Waals surface area contributed by atoms with Gasteiger partial charge in [0.25, 0.3) is 0 Å². The van der Waals surface area contributed by atoms with Gasteiger partial charge in [0.05, 0.1) is 0 Å². The number of rotatable bonds is 5. The summed E-state index contributed by atoms with van der Waals surface area (Å²) in [5, 5.41) is 6.58. The second kappa shape index (κ2) is 6.83. The summed E-state index contributed by atoms with van der Waals surface area (Å²) in [4.78, 5) is 16.0. The molecule has 0 fully saturated rings. The van der Waals surface area contributed by atoms with Crippen LogP contribution in [0, 0.1) is 5.82 Å². The third-order valence-electron chi connectivity index (χ3n) is 3.17. The van der Waals surface area contributed by atoms with Crippen molar-refractivity contribution in [1.29, 1.82) is 0 Å². The van der Waals surface area contributed by atoms with Crippen molar-refractivity contribution in [1.82, 2.24) is 10.1 Å². The molecule has 116 valence electrons. The van der Waals surface area contributed by atoms with Crippen molar-refractivity contribution in [3.63, 3.8) is 0 Å². The van der Waals surface area contributed by atoms with Crippen molar-refractivity contribution in [2.75, 3.05) is 5.32 Å². The number of hydrogen-bond donors (Lipinski definition) is 1. The van der Waals surface area contributed by atoms with Crippen LogP contribution < -0.4 is 5.32 Å². The molecule has 2 aromatic carbocycles. The number of carbonyl (C=O) groups excluding carboxylic acids is 1. The van der Waals surface area contributed by atoms with Gasteiger partial charge in [-0.15, -0.1) is 0 Å². The van der Waals surface area contributed by atoms with E-state index in [9.17, 15) is 9.18 Å². The van der Waals surface area contributed by atoms with E-state index in [1.807, 2.05) is 30.3 Å². The summed E-state index contributed by atoms with van der Waals surface area (Å²) in [5.41, 5.74) is 1.28. The fraction of sp³-hybridized carbons (Fsp3) is 0.118. The van der Waals surface area contributed by atoms with E-state index < -0.39 is 0 Å². The first-order valence-electron chi connectivity index (χ1n) is 7.14. The molecule has 23 heavy (non-hydrogen) atoms. The Morgan fingerprint density at radius 3 is 2.74 bits per heavy atom. The Hall–Kier alpha value is -3.02. The van der Waals surface area contributed by atoms with Crippen LogP contribution in [0.1, 0.15) is 12.3 Å². The van der Waals surface area contributed by atoms with Crippen LogP contribution in [0.4, 0.5) is 10.1 Å². The van der Waals surface area contributed by atoms with Gasteiger partial charge in [0.15, 0.2) is 0 Å². The van der Waals surface area contributed by atoms with Crippen LogP contribution in [-0.4, -0.2) is 16.0 Å². The van der Waals surface area contributed by atoms with Gasteiger partial charge in [-0.25, -0.2) is 4.39 Å². The van der Waals surface area contributed by atoms with Gasteiger partial charge in [-0.2, -0.15) is 4.98 Å². The number of hydrogen-bond acceptors (Lipinski definition) is 4. The zero-order chi connectivity index (χ0) is 16.1. The summed E-state index contributed by atoms with van der Waals surface area (Å²) in [5.74, 6) is 0.147. The van der Waals surface area contributed by atoms with Crippen LogP contribution in [0.2, 0.25) is 0 Å². The average molecular weight is 311 g/mol. The molecule has 0 saturated carbocycles. The number of aromatic nitrogens is 2. The molecule has 0 radical (unpaired) electrons. The minimum Gasteiger partial charge on any atom is -0.339 e. The van der Waals surface area contributed by atoms with Gasteiger partial charge in [-0.05, 0) is 24.3 Å². The van der Waals surface area contributed by atoms with Crippen LogP contribution >= 0.6 is 0 Å². The lowest BCUT2D eigenvalue weighted by Gasteiger charge is -2.02. The molecule has 0 unspecified atom stereocenters. The molecule has 1 amide bonds. The minimum absolute atomic E-state index is 0.137. The zero-order valence-corrected chi connectivity index (χ0v) is 12.2. The average Bonchev–Trinajstić information content (AvgIpc) is 3.03. The number of nitrogens with one attached hydrogen (secondary N) is 1. The molecule has 5 nitrogen and oxygen atoms in total. The van der Waals surface area contributed by atoms with Crippen LogP contribution in [0.3, 0.4) is 0 Å². The number of anilines is 1. The number of benzene rings is 2. The normalized spacial score (nSPS) is 10.5. The highest BCUT2D eigenvalue weighted by Crippen LogP contribution is 2.17. The molecule has 1 N–H and O–H groups in total. The number of nitrogens with zero attached hydrogens (tertiary/aromatic N) is 2. The topological polar surface area (TPSA) is 68.0 Å². The van der Waals surface area contributed by atoms with E-state index in [-0.39, 0.29) is 18.1 Å². The molecule has 0 spiro atoms. The maximum atomic E-state index is 13.2. The maximum absolute atomic E-state index is 13.2. The predicted octanol–water partition coefficient (Wildman–Crippen LogP) is 3.45. The van der Waals surface area contributed by atoms with Crippen molar-refractivity contribution in [3.05, 3.63) is 66.3 Å². The highest BCUT2D eigenvalue weighted by Gasteiger charge is 2.11. The Balaban J connectivity index is 1.58. The number of aryl methyl sites for hydroxylation is 1. The molecule has 6 heteroatoms. The third-order valence-corrected chi connectivity index (χ3v) is 3.17. The SMILES string of the molecule is O=C(CCc1nc(-c2cccc(F)c2)no1)Nc1ccccc1. The highest BCUT2D eigenvalue weighted by molar-refractivity contribution is 5.90. The largest absolute Gasteiger partial charge is 0.339 e. The number of amides is 1. The van der Waals surface area contributed by atoms with Crippen molar-refractivity contribution in [3.8, 4) is 11.4 Å². The van der Waals surface area contributed by atoms with Crippen LogP contribution in [0.5, 0.6) is 0 Å². The van der Waals surface area contributed by atoms with E-state index >= 15 is 0 Å². The summed E-state index contributed by atoms with van der Waals surface area (Å²) in [7, 11) is 0. The smallest absolute Gasteiger partial charge is 0.227 e. The maximum Gasteiger partial charge on any atom is 0.227 e. The molecule has 0 atom stereocenters. The third kappa shape index (κ3) is 4.00. The molecule has 0 aliphatic carbocycles. The Labute approximate surface area is 132 Å². The molecule has 0 saturated heterocycles. The molecule has 3 aromatic rings. The summed E-state index contributed by atoms with van der Waals surface area (Å²) in [6.45, 7) is 0. The van der Waals surface area contributed by atoms with Gasteiger partial charge in [-0.1, -0.05) is 35.5 Å². The Morgan fingerprint density at radius 2 is 1.96 bits per heavy atom. The zero-order valence-electron chi connectivity index (χ0n) is 12.2. The second-order valence-electron chi connectivity index (χ2n) is 4.94. The fourth-order valence-corrected chi connectivity index (χ4v) is 2.07. The van der Waals surface area contributed by atoms with Crippen molar-refractivity contribution < 1.29 is 13.7 Å². The Morgan fingerprint density at radius 1 is 1.13 bits per heavy atom. The number of halogens is 1. The fourth-order valence-electron chi connectivity index (χ4n) is 2.07. The van der Waals surface area contributed by atoms with Gasteiger partial charge < -0.3 is 9.84 Å². The molecular weight excluding hydrogens is 297 g/mol. The van der Waals surface area contributed by atoms with Gasteiger partial charge in [0.1, 0.15) is 5.82 Å². The van der Waals surface area contributed by atoms with Gasteiger partial charge in [-0.3, -0.25) is 4.79 Å². The van der Waals surface area contributed by atoms with Crippen molar-refractivity contribution >= 4 is 11.6 Å². The summed E-state index contributed by atoms with van der Waals surface area (Å²) in [6, 6.07) is 15.1. The molecule has 0 aliphatic heterocycles. The number of para-hydroxylation sites is 1. The van der Waals surface area contributed by atoms with E-state index in [1.165, 1.54) is 12.1 Å². The van der Waals surface area contributed by atoms with E-state index in [1.54, 1.807) is 12.1 Å². The van der Waals surface area contributed by atoms with Crippen LogP contribution in [0.15, 0.2) is 59.1 Å². The molecule has 3 rings (SSSR count). The van der Waals surface area contributed by atoms with Gasteiger partial charge >= 0.3 is 0 Å².